The lowest BCUT2D eigenvalue weighted by Crippen LogP contribution is -2.60. The summed E-state index contributed by atoms with van der Waals surface area (Å²) in [6.45, 7) is 7.48. The van der Waals surface area contributed by atoms with Gasteiger partial charge in [-0.15, -0.1) is 0 Å². The summed E-state index contributed by atoms with van der Waals surface area (Å²) in [5, 5.41) is 20.9. The second kappa shape index (κ2) is 5.11. The smallest absolute Gasteiger partial charge is 0.307 e. The van der Waals surface area contributed by atoms with Gasteiger partial charge >= 0.3 is 5.97 Å². The molecule has 0 radical (unpaired) electrons. The molecule has 0 saturated heterocycles. The lowest BCUT2D eigenvalue weighted by atomic mass is 9.45. The molecule has 0 aromatic carbocycles. The second-order valence-electron chi connectivity index (χ2n) is 7.71. The number of hydrogen-bond donors (Lipinski definition) is 1. The molecule has 2 aliphatic carbocycles. The third-order valence-electron chi connectivity index (χ3n) is 5.44. The van der Waals surface area contributed by atoms with Crippen LogP contribution in [0.3, 0.4) is 0 Å². The Morgan fingerprint density at radius 3 is 2.52 bits per heavy atom. The number of nitro groups is 1. The number of carboxylic acids is 1. The highest BCUT2D eigenvalue weighted by Crippen LogP contribution is 2.65. The summed E-state index contributed by atoms with van der Waals surface area (Å²) in [5.74, 6) is -0.732. The van der Waals surface area contributed by atoms with Gasteiger partial charge in [-0.25, -0.2) is 0 Å². The van der Waals surface area contributed by atoms with E-state index in [2.05, 4.69) is 13.0 Å². The van der Waals surface area contributed by atoms with Crippen molar-refractivity contribution >= 4 is 5.97 Å². The highest BCUT2D eigenvalue weighted by atomic mass is 16.6. The number of carboxylic acid groups (broad SMARTS) is 1. The van der Waals surface area contributed by atoms with Crippen LogP contribution >= 0.6 is 0 Å². The topological polar surface area (TPSA) is 80.4 Å². The molecule has 5 nitrogen and oxygen atoms in total. The van der Waals surface area contributed by atoms with Gasteiger partial charge in [0.1, 0.15) is 0 Å². The number of allylic oxidation sites excluding steroid dienone is 2. The van der Waals surface area contributed by atoms with Crippen LogP contribution in [0.2, 0.25) is 0 Å². The van der Waals surface area contributed by atoms with E-state index in [1.54, 1.807) is 0 Å². The van der Waals surface area contributed by atoms with Crippen LogP contribution in [0.5, 0.6) is 0 Å². The quantitative estimate of drug-likeness (QED) is 0.479. The molecule has 0 aliphatic heterocycles. The highest BCUT2D eigenvalue weighted by Gasteiger charge is 2.66. The highest BCUT2D eigenvalue weighted by molar-refractivity contribution is 5.72. The van der Waals surface area contributed by atoms with Crippen molar-refractivity contribution in [2.24, 2.45) is 34.5 Å². The fraction of sp³-hybridized carbons (Fsp3) is 0.812. The van der Waals surface area contributed by atoms with Crippen LogP contribution in [0, 0.1) is 44.6 Å². The van der Waals surface area contributed by atoms with Crippen molar-refractivity contribution < 1.29 is 14.8 Å². The predicted molar refractivity (Wildman–Crippen MR) is 79.4 cm³/mol. The molecule has 21 heavy (non-hydrogen) atoms. The summed E-state index contributed by atoms with van der Waals surface area (Å²) >= 11 is 0. The monoisotopic (exact) mass is 295 g/mol. The Balaban J connectivity index is 2.39. The molecule has 0 aromatic rings. The first-order valence-corrected chi connectivity index (χ1v) is 7.66. The van der Waals surface area contributed by atoms with Gasteiger partial charge < -0.3 is 5.11 Å². The SMILES string of the molecule is CCC1C=C[C@@H]2[C@H]1C[C@@]2(C[N+](=O)[O-])C(C(=O)O)C(C)(C)C. The molecular formula is C16H25NO4. The fourth-order valence-electron chi connectivity index (χ4n) is 4.85. The molecule has 0 amide bonds. The molecule has 1 N–H and O–H groups in total. The van der Waals surface area contributed by atoms with Crippen LogP contribution in [0.25, 0.3) is 0 Å². The summed E-state index contributed by atoms with van der Waals surface area (Å²) in [6.07, 6.45) is 5.85. The Kier molecular flexibility index (Phi) is 3.89. The van der Waals surface area contributed by atoms with Gasteiger partial charge in [-0.1, -0.05) is 39.8 Å². The van der Waals surface area contributed by atoms with Gasteiger partial charge in [-0.3, -0.25) is 14.9 Å². The molecule has 5 atom stereocenters. The minimum atomic E-state index is -0.906. The van der Waals surface area contributed by atoms with Crippen LogP contribution in [0.4, 0.5) is 0 Å². The molecule has 118 valence electrons. The van der Waals surface area contributed by atoms with Crippen molar-refractivity contribution in [2.75, 3.05) is 6.54 Å². The zero-order chi connectivity index (χ0) is 16.0. The first kappa shape index (κ1) is 16.0. The van der Waals surface area contributed by atoms with Crippen molar-refractivity contribution in [3.8, 4) is 0 Å². The third kappa shape index (κ3) is 2.47. The van der Waals surface area contributed by atoms with Crippen molar-refractivity contribution in [1.82, 2.24) is 0 Å². The Labute approximate surface area is 125 Å². The zero-order valence-electron chi connectivity index (χ0n) is 13.2. The summed E-state index contributed by atoms with van der Waals surface area (Å²) in [4.78, 5) is 22.7. The number of rotatable bonds is 5. The van der Waals surface area contributed by atoms with Crippen LogP contribution in [-0.2, 0) is 4.79 Å². The molecule has 0 heterocycles. The summed E-state index contributed by atoms with van der Waals surface area (Å²) in [6, 6.07) is 0. The molecule has 1 saturated carbocycles. The first-order valence-electron chi connectivity index (χ1n) is 7.66. The van der Waals surface area contributed by atoms with Crippen molar-refractivity contribution in [3.05, 3.63) is 22.3 Å². The maximum Gasteiger partial charge on any atom is 0.307 e. The molecule has 0 spiro atoms. The predicted octanol–water partition coefficient (Wildman–Crippen LogP) is 3.23. The van der Waals surface area contributed by atoms with E-state index in [1.807, 2.05) is 26.8 Å². The van der Waals surface area contributed by atoms with Crippen LogP contribution in [0.1, 0.15) is 40.5 Å². The van der Waals surface area contributed by atoms with E-state index in [0.717, 1.165) is 6.42 Å². The van der Waals surface area contributed by atoms with E-state index in [0.29, 0.717) is 18.3 Å². The molecule has 2 aliphatic rings. The molecule has 2 unspecified atom stereocenters. The Morgan fingerprint density at radius 1 is 1.48 bits per heavy atom. The van der Waals surface area contributed by atoms with Crippen molar-refractivity contribution in [3.63, 3.8) is 0 Å². The van der Waals surface area contributed by atoms with Gasteiger partial charge in [0, 0.05) is 4.92 Å². The van der Waals surface area contributed by atoms with E-state index < -0.39 is 22.7 Å². The molecule has 2 rings (SSSR count). The van der Waals surface area contributed by atoms with Gasteiger partial charge in [0.2, 0.25) is 6.54 Å². The molecule has 5 heteroatoms. The Hall–Kier alpha value is -1.39. The summed E-state index contributed by atoms with van der Waals surface area (Å²) in [7, 11) is 0. The van der Waals surface area contributed by atoms with E-state index >= 15 is 0 Å². The van der Waals surface area contributed by atoms with E-state index in [9.17, 15) is 20.0 Å². The van der Waals surface area contributed by atoms with Crippen molar-refractivity contribution in [2.45, 2.75) is 40.5 Å². The van der Waals surface area contributed by atoms with E-state index in [-0.39, 0.29) is 17.4 Å². The van der Waals surface area contributed by atoms with Crippen LogP contribution in [-0.4, -0.2) is 22.5 Å². The number of carbonyl (C=O) groups is 1. The molecular weight excluding hydrogens is 270 g/mol. The standard InChI is InChI=1S/C16H25NO4/c1-5-10-6-7-12-11(10)8-16(12,9-17(20)21)13(14(18)19)15(2,3)4/h6-7,10-13H,5,8-9H2,1-4H3,(H,18,19)/t10?,11-,12+,13?,16-/m0/s1. The minimum Gasteiger partial charge on any atom is -0.481 e. The fourth-order valence-corrected chi connectivity index (χ4v) is 4.85. The Morgan fingerprint density at radius 2 is 2.10 bits per heavy atom. The third-order valence-corrected chi connectivity index (χ3v) is 5.44. The van der Waals surface area contributed by atoms with E-state index in [4.69, 9.17) is 0 Å². The maximum atomic E-state index is 11.9. The molecule has 0 bridgehead atoms. The zero-order valence-corrected chi connectivity index (χ0v) is 13.2. The lowest BCUT2D eigenvalue weighted by molar-refractivity contribution is -0.510. The van der Waals surface area contributed by atoms with E-state index in [1.165, 1.54) is 0 Å². The number of hydrogen-bond acceptors (Lipinski definition) is 3. The van der Waals surface area contributed by atoms with Crippen LogP contribution < -0.4 is 0 Å². The number of nitrogens with zero attached hydrogens (tertiary/aromatic N) is 1. The minimum absolute atomic E-state index is 0.0353. The first-order chi connectivity index (χ1) is 9.63. The normalized spacial score (nSPS) is 35.9. The van der Waals surface area contributed by atoms with Crippen molar-refractivity contribution in [1.29, 1.82) is 0 Å². The van der Waals surface area contributed by atoms with Gasteiger partial charge in [0.15, 0.2) is 0 Å². The average molecular weight is 295 g/mol. The Bertz CT molecular complexity index is 479. The van der Waals surface area contributed by atoms with Gasteiger partial charge in [-0.05, 0) is 36.0 Å². The van der Waals surface area contributed by atoms with Gasteiger partial charge in [0.25, 0.3) is 0 Å². The lowest BCUT2D eigenvalue weighted by Gasteiger charge is -2.56. The van der Waals surface area contributed by atoms with Gasteiger partial charge in [0.05, 0.1) is 11.3 Å². The molecule has 1 fully saturated rings. The summed E-state index contributed by atoms with van der Waals surface area (Å²) < 4.78 is 0. The van der Waals surface area contributed by atoms with Crippen LogP contribution in [0.15, 0.2) is 12.2 Å². The summed E-state index contributed by atoms with van der Waals surface area (Å²) in [5.41, 5.74) is -1.23. The number of fused-ring (bicyclic) bond motifs is 1. The largest absolute Gasteiger partial charge is 0.481 e. The molecule has 0 aromatic heterocycles. The maximum absolute atomic E-state index is 11.9. The van der Waals surface area contributed by atoms with Gasteiger partial charge in [-0.2, -0.15) is 0 Å². The second-order valence-corrected chi connectivity index (χ2v) is 7.71. The number of aliphatic carboxylic acids is 1. The average Bonchev–Trinajstić information content (AvgIpc) is 2.62.